The monoisotopic (exact) mass is 1510 g/mol. The third-order valence-corrected chi connectivity index (χ3v) is 23.9. The molecule has 117 heavy (non-hydrogen) atoms. The molecule has 0 saturated carbocycles. The number of hydrogen-bond acceptors (Lipinski definition) is 4. The summed E-state index contributed by atoms with van der Waals surface area (Å²) in [6, 6.07) is 136. The van der Waals surface area contributed by atoms with Crippen LogP contribution in [0.1, 0.15) is 121 Å². The Balaban J connectivity index is 0.747. The fourth-order valence-corrected chi connectivity index (χ4v) is 17.7. The molecule has 5 heteroatoms. The Morgan fingerprint density at radius 3 is 0.915 bits per heavy atom. The topological polar surface area (TPSA) is 24.9 Å². The molecule has 0 aromatic heterocycles. The second-order valence-corrected chi connectivity index (χ2v) is 32.9. The zero-order valence-electron chi connectivity index (χ0n) is 67.2. The molecule has 0 radical (unpaired) electrons. The zero-order chi connectivity index (χ0) is 80.2. The van der Waals surface area contributed by atoms with Gasteiger partial charge in [0.2, 0.25) is 0 Å². The van der Waals surface area contributed by atoms with Gasteiger partial charge >= 0.3 is 0 Å². The number of aryl methyl sites for hydroxylation is 1. The van der Waals surface area contributed by atoms with Gasteiger partial charge in [-0.05, 0) is 279 Å². The molecule has 16 aromatic carbocycles. The van der Waals surface area contributed by atoms with E-state index in [4.69, 9.17) is 9.47 Å². The van der Waals surface area contributed by atoms with Gasteiger partial charge in [-0.1, -0.05) is 316 Å². The first-order valence-electron chi connectivity index (χ1n) is 40.5. The number of fused-ring (bicyclic) bond motifs is 6. The third kappa shape index (κ3) is 13.8. The van der Waals surface area contributed by atoms with E-state index in [1.54, 1.807) is 12.1 Å². The lowest BCUT2D eigenvalue weighted by Gasteiger charge is -2.35. The normalized spacial score (nSPS) is 14.5. The summed E-state index contributed by atoms with van der Waals surface area (Å²) in [6.45, 7) is 23.8. The first-order chi connectivity index (χ1) is 56.9. The Morgan fingerprint density at radius 2 is 0.590 bits per heavy atom. The number of anilines is 6. The van der Waals surface area contributed by atoms with Crippen molar-refractivity contribution in [2.45, 2.75) is 76.5 Å². The van der Waals surface area contributed by atoms with Crippen LogP contribution in [-0.4, -0.2) is 0 Å². The summed E-state index contributed by atoms with van der Waals surface area (Å²) in [5.41, 5.74) is 30.7. The van der Waals surface area contributed by atoms with Crippen molar-refractivity contribution in [2.75, 3.05) is 9.80 Å². The van der Waals surface area contributed by atoms with E-state index in [9.17, 15) is 4.39 Å². The fraction of sp³-hybridized carbons (Fsp3) is 0.107. The van der Waals surface area contributed by atoms with E-state index in [-0.39, 0.29) is 16.6 Å². The average molecular weight is 1520 g/mol. The van der Waals surface area contributed by atoms with Gasteiger partial charge in [0.15, 0.2) is 0 Å². The lowest BCUT2D eigenvalue weighted by Crippen LogP contribution is -2.29. The lowest BCUT2D eigenvalue weighted by molar-refractivity contribution is 0.482. The van der Waals surface area contributed by atoms with Gasteiger partial charge in [0.1, 0.15) is 28.8 Å². The highest BCUT2D eigenvalue weighted by Gasteiger charge is 2.49. The summed E-state index contributed by atoms with van der Waals surface area (Å²) in [7, 11) is 0. The molecular weight excluding hydrogens is 1420 g/mol. The molecule has 0 aliphatic heterocycles. The van der Waals surface area contributed by atoms with Crippen LogP contribution in [0, 0.1) is 5.82 Å². The van der Waals surface area contributed by atoms with E-state index < -0.39 is 10.8 Å². The van der Waals surface area contributed by atoms with Crippen LogP contribution in [0.3, 0.4) is 0 Å². The Labute approximate surface area is 688 Å². The predicted octanol–water partition coefficient (Wildman–Crippen LogP) is 30.5. The summed E-state index contributed by atoms with van der Waals surface area (Å²) in [5, 5.41) is 0. The first kappa shape index (κ1) is 74.5. The molecule has 2 unspecified atom stereocenters. The highest BCUT2D eigenvalue weighted by molar-refractivity contribution is 5.93. The molecule has 0 spiro atoms. The highest BCUT2D eigenvalue weighted by Crippen LogP contribution is 2.60. The first-order valence-corrected chi connectivity index (χ1v) is 40.5. The van der Waals surface area contributed by atoms with E-state index in [2.05, 4.69) is 375 Å². The van der Waals surface area contributed by atoms with Gasteiger partial charge in [0, 0.05) is 34.1 Å². The van der Waals surface area contributed by atoms with E-state index in [0.717, 1.165) is 119 Å². The summed E-state index contributed by atoms with van der Waals surface area (Å²) in [4.78, 5) is 4.77. The van der Waals surface area contributed by atoms with Crippen LogP contribution in [0.2, 0.25) is 0 Å². The molecule has 0 bridgehead atoms. The number of benzene rings is 16. The van der Waals surface area contributed by atoms with Gasteiger partial charge in [-0.2, -0.15) is 0 Å². The van der Waals surface area contributed by atoms with Gasteiger partial charge < -0.3 is 19.3 Å². The minimum absolute atomic E-state index is 0.0497. The number of hydrogen-bond donors (Lipinski definition) is 0. The maximum Gasteiger partial charge on any atom is 0.127 e. The Kier molecular flexibility index (Phi) is 19.4. The van der Waals surface area contributed by atoms with Crippen molar-refractivity contribution in [1.82, 2.24) is 0 Å². The van der Waals surface area contributed by atoms with Gasteiger partial charge in [-0.15, -0.1) is 0 Å². The smallest absolute Gasteiger partial charge is 0.127 e. The summed E-state index contributed by atoms with van der Waals surface area (Å²) in [5.74, 6) is 2.74. The van der Waals surface area contributed by atoms with Gasteiger partial charge in [-0.3, -0.25) is 0 Å². The molecule has 568 valence electrons. The highest BCUT2D eigenvalue weighted by atomic mass is 19.1. The maximum absolute atomic E-state index is 14.9. The molecule has 2 aliphatic carbocycles. The number of halogens is 1. The zero-order valence-corrected chi connectivity index (χ0v) is 67.2. The van der Waals surface area contributed by atoms with Crippen molar-refractivity contribution in [3.8, 4) is 78.6 Å². The van der Waals surface area contributed by atoms with Crippen LogP contribution >= 0.6 is 0 Å². The van der Waals surface area contributed by atoms with Crippen LogP contribution in [0.25, 0.3) is 67.8 Å². The van der Waals surface area contributed by atoms with Crippen molar-refractivity contribution in [3.63, 3.8) is 0 Å². The van der Waals surface area contributed by atoms with Crippen molar-refractivity contribution >= 4 is 46.3 Å². The SMILES string of the molecule is C=Cc1ccc(Oc2ccc(C3(c4ccc(C(C)(C)C)cc4)c4ccccc4-c4ccc(N(c5ccc(-c6ccc(CC)cc6)cc5)c5ccc(-c6ccc(N(c7ccc(-c8cccc(F)c8)cc7)c7ccc8c(c7)C(c7ccc(Oc9ccc(C=C)cc9)cc7)(c7ccc(C(C)(C)C)cc7)c7ccccc7-8)cc6)cc5)cc43)cc2)cc1. The summed E-state index contributed by atoms with van der Waals surface area (Å²) in [6.07, 6.45) is 4.67. The number of rotatable bonds is 20. The van der Waals surface area contributed by atoms with Gasteiger partial charge in [-0.25, -0.2) is 4.39 Å². The molecule has 4 nitrogen and oxygen atoms in total. The van der Waals surface area contributed by atoms with Crippen molar-refractivity contribution in [1.29, 1.82) is 0 Å². The maximum atomic E-state index is 14.9. The van der Waals surface area contributed by atoms with Crippen LogP contribution < -0.4 is 19.3 Å². The largest absolute Gasteiger partial charge is 0.457 e. The molecule has 16 aromatic rings. The Morgan fingerprint density at radius 1 is 0.291 bits per heavy atom. The van der Waals surface area contributed by atoms with Crippen LogP contribution in [0.4, 0.5) is 38.5 Å². The van der Waals surface area contributed by atoms with Crippen LogP contribution in [0.5, 0.6) is 23.0 Å². The van der Waals surface area contributed by atoms with E-state index in [1.165, 1.54) is 78.4 Å². The standard InChI is InChI=1S/C112H91FN2O2/c1-10-75-24-30-78(31-25-75)79-32-52-91(53-33-79)114(95-60-70-103-101-20-13-15-22-105(101)111(107(103)73-95,86-44-40-84(41-45-86)109(4,5)6)88-48-66-99(67-49-88)116-97-62-26-76(11-2)27-63-97)92-54-34-80(35-55-92)81-36-56-93(57-37-81)115(94-58-38-82(39-59-94)83-18-17-19-90(113)72-83)96-61-71-104-102-21-14-16-23-106(102)112(108(104)74-96,87-46-42-85(43-47-87)110(7,8)9)89-50-68-100(69-51-89)117-98-64-28-77(12-3)29-65-98/h11-74H,2-3,10H2,1,4-9H3. The predicted molar refractivity (Wildman–Crippen MR) is 487 cm³/mol. The van der Waals surface area contributed by atoms with Crippen LogP contribution in [-0.2, 0) is 28.1 Å². The third-order valence-electron chi connectivity index (χ3n) is 23.9. The minimum atomic E-state index is -0.745. The van der Waals surface area contributed by atoms with Crippen molar-refractivity contribution < 1.29 is 13.9 Å². The lowest BCUT2D eigenvalue weighted by atomic mass is 9.67. The van der Waals surface area contributed by atoms with Gasteiger partial charge in [0.05, 0.1) is 10.8 Å². The molecule has 0 fully saturated rings. The number of nitrogens with zero attached hydrogens (tertiary/aromatic N) is 2. The Hall–Kier alpha value is -13.9. The summed E-state index contributed by atoms with van der Waals surface area (Å²) >= 11 is 0. The molecule has 18 rings (SSSR count). The molecule has 0 saturated heterocycles. The molecule has 0 heterocycles. The molecule has 0 amide bonds. The van der Waals surface area contributed by atoms with Crippen molar-refractivity contribution in [2.24, 2.45) is 0 Å². The number of ether oxygens (including phenoxy) is 2. The summed E-state index contributed by atoms with van der Waals surface area (Å²) < 4.78 is 28.0. The van der Waals surface area contributed by atoms with Crippen LogP contribution in [0.15, 0.2) is 389 Å². The van der Waals surface area contributed by atoms with E-state index in [1.807, 2.05) is 66.7 Å². The molecule has 2 aliphatic rings. The second-order valence-electron chi connectivity index (χ2n) is 32.9. The quantitative estimate of drug-likeness (QED) is 0.0759. The Bertz CT molecular complexity index is 6340. The van der Waals surface area contributed by atoms with Gasteiger partial charge in [0.25, 0.3) is 0 Å². The minimum Gasteiger partial charge on any atom is -0.457 e. The molecule has 2 atom stereocenters. The molecule has 0 N–H and O–H groups in total. The van der Waals surface area contributed by atoms with E-state index >= 15 is 0 Å². The average Bonchev–Trinajstić information content (AvgIpc) is 1.55. The second kappa shape index (κ2) is 30.5. The fourth-order valence-electron chi connectivity index (χ4n) is 17.7. The van der Waals surface area contributed by atoms with E-state index in [0.29, 0.717) is 0 Å². The molecular formula is C112H91FN2O2. The van der Waals surface area contributed by atoms with Crippen molar-refractivity contribution in [3.05, 3.63) is 467 Å².